The van der Waals surface area contributed by atoms with Crippen molar-refractivity contribution in [3.05, 3.63) is 34.9 Å². The smallest absolute Gasteiger partial charge is 0.337 e. The van der Waals surface area contributed by atoms with E-state index in [9.17, 15) is 14.4 Å². The van der Waals surface area contributed by atoms with Crippen molar-refractivity contribution in [2.75, 3.05) is 0 Å². The molecule has 1 aromatic rings. The fourth-order valence-corrected chi connectivity index (χ4v) is 1.14. The van der Waals surface area contributed by atoms with Gasteiger partial charge in [0.05, 0.1) is 16.7 Å². The largest absolute Gasteiger partial charge is 0.478 e. The molecule has 0 spiro atoms. The summed E-state index contributed by atoms with van der Waals surface area (Å²) in [5.41, 5.74) is 14.3. The van der Waals surface area contributed by atoms with Crippen molar-refractivity contribution >= 4 is 17.9 Å². The number of hydrogen-bond acceptors (Lipinski definition) is 6. The van der Waals surface area contributed by atoms with Crippen LogP contribution < -0.4 is 17.2 Å². The van der Waals surface area contributed by atoms with E-state index in [0.29, 0.717) is 0 Å². The number of carboxylic acids is 3. The minimum absolute atomic E-state index is 0. The van der Waals surface area contributed by atoms with E-state index in [2.05, 4.69) is 0 Å². The first-order valence-corrected chi connectivity index (χ1v) is 9.14. The topological polar surface area (TPSA) is 190 Å². The summed E-state index contributed by atoms with van der Waals surface area (Å²) in [6.07, 6.45) is 0. The average molecular weight is 430 g/mol. The molecule has 1 aromatic carbocycles. The summed E-state index contributed by atoms with van der Waals surface area (Å²) in [5, 5.41) is 26.0. The van der Waals surface area contributed by atoms with Gasteiger partial charge in [0.1, 0.15) is 0 Å². The molecule has 30 heavy (non-hydrogen) atoms. The van der Waals surface area contributed by atoms with Crippen LogP contribution in [-0.2, 0) is 0 Å². The van der Waals surface area contributed by atoms with Crippen LogP contribution in [0.1, 0.15) is 93.4 Å². The molecule has 0 fully saturated rings. The van der Waals surface area contributed by atoms with Gasteiger partial charge in [0.25, 0.3) is 0 Å². The maximum Gasteiger partial charge on any atom is 0.337 e. The Morgan fingerprint density at radius 1 is 0.600 bits per heavy atom. The first kappa shape index (κ1) is 32.2. The predicted molar refractivity (Wildman–Crippen MR) is 119 cm³/mol. The Morgan fingerprint density at radius 3 is 0.933 bits per heavy atom. The van der Waals surface area contributed by atoms with Crippen LogP contribution in [0.5, 0.6) is 0 Å². The molecule has 0 atom stereocenters. The van der Waals surface area contributed by atoms with E-state index < -0.39 is 34.6 Å². The number of benzene rings is 1. The molecule has 0 heterocycles. The minimum atomic E-state index is -1.58. The lowest BCUT2D eigenvalue weighted by Crippen LogP contribution is -2.26. The molecule has 0 saturated carbocycles. The van der Waals surface area contributed by atoms with Crippen LogP contribution in [0.2, 0.25) is 0 Å². The zero-order chi connectivity index (χ0) is 25.1. The van der Waals surface area contributed by atoms with E-state index in [1.165, 1.54) is 6.07 Å². The second-order valence-electron chi connectivity index (χ2n) is 9.74. The van der Waals surface area contributed by atoms with Gasteiger partial charge in [-0.2, -0.15) is 0 Å². The van der Waals surface area contributed by atoms with Gasteiger partial charge in [-0.05, 0) is 74.4 Å². The quantitative estimate of drug-likeness (QED) is 0.419. The molecular weight excluding hydrogens is 390 g/mol. The van der Waals surface area contributed by atoms with Crippen molar-refractivity contribution < 1.29 is 29.7 Å². The van der Waals surface area contributed by atoms with Crippen molar-refractivity contribution in [1.82, 2.24) is 0 Å². The molecule has 0 aromatic heterocycles. The molecule has 0 aliphatic carbocycles. The van der Waals surface area contributed by atoms with Gasteiger partial charge in [-0.3, -0.25) is 0 Å². The van der Waals surface area contributed by atoms with Gasteiger partial charge in [-0.15, -0.1) is 0 Å². The van der Waals surface area contributed by atoms with Crippen molar-refractivity contribution in [3.8, 4) is 0 Å². The number of nitrogens with two attached hydrogens (primary N) is 3. The Labute approximate surface area is 179 Å². The van der Waals surface area contributed by atoms with Crippen LogP contribution in [0.15, 0.2) is 18.2 Å². The van der Waals surface area contributed by atoms with E-state index in [-0.39, 0.29) is 16.6 Å². The van der Waals surface area contributed by atoms with Crippen molar-refractivity contribution in [1.29, 1.82) is 0 Å². The SMILES string of the molecule is CC(C)(C)N.CC(C)(C)N.CC(C)(C)N.O=C(O)c1cccc(C(=O)O)c1C(=O)O. The summed E-state index contributed by atoms with van der Waals surface area (Å²) < 4.78 is 0. The lowest BCUT2D eigenvalue weighted by Gasteiger charge is -2.06. The Hall–Kier alpha value is -2.49. The zero-order valence-corrected chi connectivity index (χ0v) is 19.5. The molecule has 0 saturated heterocycles. The summed E-state index contributed by atoms with van der Waals surface area (Å²) in [5.74, 6) is -4.53. The molecule has 9 N–H and O–H groups in total. The summed E-state index contributed by atoms with van der Waals surface area (Å²) in [6, 6.07) is 3.26. The van der Waals surface area contributed by atoms with Gasteiger partial charge in [0.2, 0.25) is 0 Å². The highest BCUT2D eigenvalue weighted by atomic mass is 16.4. The third-order valence-electron chi connectivity index (χ3n) is 1.74. The summed E-state index contributed by atoms with van der Waals surface area (Å²) in [4.78, 5) is 32.0. The number of rotatable bonds is 3. The number of carboxylic acid groups (broad SMARTS) is 3. The third kappa shape index (κ3) is 27.7. The Morgan fingerprint density at radius 2 is 0.800 bits per heavy atom. The monoisotopic (exact) mass is 429 g/mol. The van der Waals surface area contributed by atoms with Crippen LogP contribution >= 0.6 is 0 Å². The molecule has 174 valence electrons. The van der Waals surface area contributed by atoms with E-state index >= 15 is 0 Å². The first-order valence-electron chi connectivity index (χ1n) is 9.14. The molecule has 0 unspecified atom stereocenters. The molecule has 1 rings (SSSR count). The summed E-state index contributed by atoms with van der Waals surface area (Å²) >= 11 is 0. The van der Waals surface area contributed by atoms with E-state index in [4.69, 9.17) is 32.5 Å². The Bertz CT molecular complexity index is 617. The van der Waals surface area contributed by atoms with Crippen LogP contribution in [0.3, 0.4) is 0 Å². The van der Waals surface area contributed by atoms with Crippen LogP contribution in [-0.4, -0.2) is 49.8 Å². The van der Waals surface area contributed by atoms with Gasteiger partial charge < -0.3 is 32.5 Å². The van der Waals surface area contributed by atoms with Gasteiger partial charge in [0.15, 0.2) is 0 Å². The highest BCUT2D eigenvalue weighted by Crippen LogP contribution is 2.15. The number of carbonyl (C=O) groups is 3. The van der Waals surface area contributed by atoms with Crippen LogP contribution in [0, 0.1) is 0 Å². The molecule has 0 aliphatic heterocycles. The molecule has 0 bridgehead atoms. The molecule has 0 aliphatic rings. The van der Waals surface area contributed by atoms with E-state index in [1.807, 2.05) is 62.3 Å². The molecule has 0 amide bonds. The van der Waals surface area contributed by atoms with Crippen molar-refractivity contribution in [2.45, 2.75) is 78.9 Å². The summed E-state index contributed by atoms with van der Waals surface area (Å²) in [6.45, 7) is 17.7. The summed E-state index contributed by atoms with van der Waals surface area (Å²) in [7, 11) is 0. The normalized spacial score (nSPS) is 10.8. The van der Waals surface area contributed by atoms with Gasteiger partial charge in [0, 0.05) is 16.6 Å². The fraction of sp³-hybridized carbons (Fsp3) is 0.571. The number of hydrogen-bond donors (Lipinski definition) is 6. The zero-order valence-electron chi connectivity index (χ0n) is 19.5. The first-order chi connectivity index (χ1) is 12.9. The van der Waals surface area contributed by atoms with Crippen molar-refractivity contribution in [2.24, 2.45) is 17.2 Å². The van der Waals surface area contributed by atoms with Gasteiger partial charge >= 0.3 is 17.9 Å². The van der Waals surface area contributed by atoms with Crippen LogP contribution in [0.4, 0.5) is 0 Å². The average Bonchev–Trinajstić information content (AvgIpc) is 2.40. The minimum Gasteiger partial charge on any atom is -0.478 e. The Kier molecular flexibility index (Phi) is 13.9. The maximum atomic E-state index is 10.7. The number of aromatic carboxylic acids is 3. The molecular formula is C21H39N3O6. The molecule has 9 heteroatoms. The Balaban J connectivity index is -0.000000400. The third-order valence-corrected chi connectivity index (χ3v) is 1.74. The van der Waals surface area contributed by atoms with Gasteiger partial charge in [-0.1, -0.05) is 6.07 Å². The highest BCUT2D eigenvalue weighted by Gasteiger charge is 2.23. The lowest BCUT2D eigenvalue weighted by atomic mass is 10.0. The standard InChI is InChI=1S/C9H6O6.3C4H11N/c10-7(11)4-2-1-3-5(8(12)13)6(4)9(14)15;3*1-4(2,3)5/h1-3H,(H,10,11)(H,12,13)(H,14,15);3*5H2,1-3H3. The lowest BCUT2D eigenvalue weighted by molar-refractivity contribution is 0.0633. The second-order valence-corrected chi connectivity index (χ2v) is 9.74. The maximum absolute atomic E-state index is 10.7. The van der Waals surface area contributed by atoms with Crippen LogP contribution in [0.25, 0.3) is 0 Å². The second kappa shape index (κ2) is 12.9. The van der Waals surface area contributed by atoms with E-state index in [1.54, 1.807) is 0 Å². The highest BCUT2D eigenvalue weighted by molar-refractivity contribution is 6.09. The van der Waals surface area contributed by atoms with Gasteiger partial charge in [-0.25, -0.2) is 14.4 Å². The molecule has 0 radical (unpaired) electrons. The van der Waals surface area contributed by atoms with Crippen molar-refractivity contribution in [3.63, 3.8) is 0 Å². The fourth-order valence-electron chi connectivity index (χ4n) is 1.14. The molecule has 9 nitrogen and oxygen atoms in total. The predicted octanol–water partition coefficient (Wildman–Crippen LogP) is 3.01. The van der Waals surface area contributed by atoms with E-state index in [0.717, 1.165) is 12.1 Å².